The minimum absolute atomic E-state index is 1.03. The first-order chi connectivity index (χ1) is 29.1. The maximum absolute atomic E-state index is 2.57. The molecule has 1 aromatic heterocycles. The van der Waals surface area contributed by atoms with Gasteiger partial charge in [0.2, 0.25) is 0 Å². The van der Waals surface area contributed by atoms with E-state index in [2.05, 4.69) is 243 Å². The topological polar surface area (TPSA) is 4.93 Å². The Morgan fingerprint density at radius 3 is 1.17 bits per heavy atom. The number of allylic oxidation sites excluding steroid dienone is 4. The first kappa shape index (κ1) is 37.0. The van der Waals surface area contributed by atoms with Crippen LogP contribution in [0.5, 0.6) is 0 Å². The van der Waals surface area contributed by atoms with E-state index in [0.29, 0.717) is 0 Å². The van der Waals surface area contributed by atoms with E-state index in [1.165, 1.54) is 77.8 Å². The van der Waals surface area contributed by atoms with Gasteiger partial charge in [-0.05, 0) is 152 Å². The Bertz CT molecular complexity index is 2830. The highest BCUT2D eigenvalue weighted by Crippen LogP contribution is 2.76. The molecule has 3 heteroatoms. The van der Waals surface area contributed by atoms with E-state index in [4.69, 9.17) is 0 Å². The summed E-state index contributed by atoms with van der Waals surface area (Å²) in [4.78, 5) is 10.9. The lowest BCUT2D eigenvalue weighted by molar-refractivity contribution is 1.01. The molecule has 0 fully saturated rings. The smallest absolute Gasteiger partial charge is 0.0541 e. The van der Waals surface area contributed by atoms with Gasteiger partial charge in [-0.25, -0.2) is 0 Å². The van der Waals surface area contributed by atoms with Crippen molar-refractivity contribution in [1.29, 1.82) is 0 Å². The van der Waals surface area contributed by atoms with Gasteiger partial charge in [-0.1, -0.05) is 115 Å². The average Bonchev–Trinajstić information content (AvgIpc) is 3.62. The number of aryl methyl sites for hydroxylation is 2. The van der Waals surface area contributed by atoms with Crippen LogP contribution in [0.1, 0.15) is 24.0 Å². The number of rotatable bonds is 9. The molecule has 288 valence electrons. The van der Waals surface area contributed by atoms with Crippen molar-refractivity contribution in [2.75, 3.05) is 0 Å². The second-order valence-corrected chi connectivity index (χ2v) is 21.7. The third-order valence-electron chi connectivity index (χ3n) is 11.7. The molecule has 0 saturated carbocycles. The summed E-state index contributed by atoms with van der Waals surface area (Å²) in [5, 5.41) is 2.54. The summed E-state index contributed by atoms with van der Waals surface area (Å²) in [6, 6.07) is 78.0. The summed E-state index contributed by atoms with van der Waals surface area (Å²) in [5.74, 6) is 0. The van der Waals surface area contributed by atoms with E-state index in [1.54, 1.807) is 0 Å². The lowest BCUT2D eigenvalue weighted by Crippen LogP contribution is -2.08. The molecule has 0 N–H and O–H groups in total. The van der Waals surface area contributed by atoms with Crippen LogP contribution in [-0.4, -0.2) is 4.57 Å². The molecular weight excluding hydrogens is 751 g/mol. The minimum atomic E-state index is -1.90. The molecule has 0 saturated heterocycles. The number of aromatic nitrogens is 1. The molecular formula is C56H47NS2. The summed E-state index contributed by atoms with van der Waals surface area (Å²) < 4.78 is 2.51. The molecule has 0 spiro atoms. The summed E-state index contributed by atoms with van der Waals surface area (Å²) in [5.41, 5.74) is 6.15. The van der Waals surface area contributed by atoms with Crippen molar-refractivity contribution in [3.63, 3.8) is 0 Å². The van der Waals surface area contributed by atoms with Crippen LogP contribution in [0.3, 0.4) is 0 Å². The average molecular weight is 798 g/mol. The highest BCUT2D eigenvalue weighted by atomic mass is 32.3. The second-order valence-electron chi connectivity index (χ2n) is 15.4. The molecule has 1 nitrogen and oxygen atoms in total. The van der Waals surface area contributed by atoms with Gasteiger partial charge in [0.15, 0.2) is 0 Å². The van der Waals surface area contributed by atoms with Crippen LogP contribution < -0.4 is 0 Å². The number of hydrogen-bond donors (Lipinski definition) is 0. The van der Waals surface area contributed by atoms with Crippen molar-refractivity contribution in [1.82, 2.24) is 4.57 Å². The van der Waals surface area contributed by atoms with E-state index in [9.17, 15) is 0 Å². The fraction of sp³-hybridized carbons (Fsp3) is 0.0714. The molecule has 8 aromatic carbocycles. The Morgan fingerprint density at radius 2 is 0.780 bits per heavy atom. The molecule has 10 rings (SSSR count). The molecule has 0 radical (unpaired) electrons. The molecule has 59 heavy (non-hydrogen) atoms. The lowest BCUT2D eigenvalue weighted by Gasteiger charge is -2.44. The summed E-state index contributed by atoms with van der Waals surface area (Å²) in [7, 11) is -3.73. The van der Waals surface area contributed by atoms with Gasteiger partial charge in [-0.2, -0.15) is 0 Å². The number of fused-ring (bicyclic) bond motifs is 3. The number of hydrogen-bond acceptors (Lipinski definition) is 0. The standard InChI is InChI=1S/C56H47NS2/c1-42-37-43(2)39-44(38-42)57-55-35-33-51(58(45-21-9-3-10-22-45,46-23-11-4-12-24-46)47-25-13-5-14-26-47)40-53(55)54-41-52(34-36-56(54)57)59(48-27-15-6-16-28-48,49-29-17-7-18-30-49)50-31-19-8-20-32-50/h3-19,21-31,33-41H,20,32H2,1-2H3. The van der Waals surface area contributed by atoms with Gasteiger partial charge >= 0.3 is 0 Å². The highest BCUT2D eigenvalue weighted by molar-refractivity contribution is 8.37. The van der Waals surface area contributed by atoms with Crippen LogP contribution >= 0.6 is 20.1 Å². The van der Waals surface area contributed by atoms with Crippen LogP contribution in [0.25, 0.3) is 27.5 Å². The fourth-order valence-electron chi connectivity index (χ4n) is 9.36. The first-order valence-electron chi connectivity index (χ1n) is 20.5. The first-order valence-corrected chi connectivity index (χ1v) is 23.8. The Kier molecular flexibility index (Phi) is 9.72. The normalized spacial score (nSPS) is 13.7. The molecule has 0 unspecified atom stereocenters. The summed E-state index contributed by atoms with van der Waals surface area (Å²) in [6.45, 7) is 4.42. The van der Waals surface area contributed by atoms with E-state index in [0.717, 1.165) is 12.8 Å². The van der Waals surface area contributed by atoms with Gasteiger partial charge in [-0.15, -0.1) is 20.1 Å². The maximum Gasteiger partial charge on any atom is 0.0541 e. The summed E-state index contributed by atoms with van der Waals surface area (Å²) >= 11 is 0. The molecule has 9 aromatic rings. The predicted octanol–water partition coefficient (Wildman–Crippen LogP) is 16.3. The minimum Gasteiger partial charge on any atom is -0.309 e. The Hall–Kier alpha value is -6.26. The third-order valence-corrected chi connectivity index (χ3v) is 19.7. The monoisotopic (exact) mass is 797 g/mol. The zero-order chi connectivity index (χ0) is 39.8. The SMILES string of the molecule is Cc1cc(C)cc(-n2c3ccc(S(C4=CC=CCC4)(c4ccccc4)c4ccccc4)cc3c3cc(S(c4ccccc4)(c4ccccc4)c4ccccc4)ccc32)c1. The van der Waals surface area contributed by atoms with Crippen molar-refractivity contribution < 1.29 is 0 Å². The van der Waals surface area contributed by atoms with Gasteiger partial charge in [0.25, 0.3) is 0 Å². The molecule has 0 amide bonds. The molecule has 0 atom stereocenters. The lowest BCUT2D eigenvalue weighted by atomic mass is 10.1. The second kappa shape index (κ2) is 15.5. The van der Waals surface area contributed by atoms with Crippen LogP contribution in [0.2, 0.25) is 0 Å². The predicted molar refractivity (Wildman–Crippen MR) is 252 cm³/mol. The van der Waals surface area contributed by atoms with E-state index >= 15 is 0 Å². The quantitative estimate of drug-likeness (QED) is 0.137. The van der Waals surface area contributed by atoms with Crippen molar-refractivity contribution >= 4 is 41.9 Å². The molecule has 1 aliphatic rings. The highest BCUT2D eigenvalue weighted by Gasteiger charge is 2.37. The van der Waals surface area contributed by atoms with Gasteiger partial charge < -0.3 is 4.57 Å². The zero-order valence-corrected chi connectivity index (χ0v) is 35.2. The van der Waals surface area contributed by atoms with Crippen molar-refractivity contribution in [2.45, 2.75) is 61.0 Å². The molecule has 1 heterocycles. The Morgan fingerprint density at radius 1 is 0.390 bits per heavy atom. The van der Waals surface area contributed by atoms with Crippen LogP contribution in [-0.2, 0) is 0 Å². The molecule has 0 aliphatic heterocycles. The van der Waals surface area contributed by atoms with Gasteiger partial charge in [0.05, 0.1) is 11.0 Å². The largest absolute Gasteiger partial charge is 0.309 e. The van der Waals surface area contributed by atoms with Crippen molar-refractivity contribution in [3.05, 3.63) is 241 Å². The summed E-state index contributed by atoms with van der Waals surface area (Å²) in [6.07, 6.45) is 9.08. The van der Waals surface area contributed by atoms with E-state index in [-0.39, 0.29) is 0 Å². The van der Waals surface area contributed by atoms with Crippen molar-refractivity contribution in [3.8, 4) is 5.69 Å². The van der Waals surface area contributed by atoms with Gasteiger partial charge in [0, 0.05) is 50.7 Å². The molecule has 1 aliphatic carbocycles. The van der Waals surface area contributed by atoms with E-state index in [1.807, 2.05) is 0 Å². The number of nitrogens with zero attached hydrogens (tertiary/aromatic N) is 1. The van der Waals surface area contributed by atoms with Crippen molar-refractivity contribution in [2.24, 2.45) is 0 Å². The van der Waals surface area contributed by atoms with Gasteiger partial charge in [0.1, 0.15) is 0 Å². The Labute approximate surface area is 351 Å². The fourth-order valence-corrected chi connectivity index (χ4v) is 17.4. The third kappa shape index (κ3) is 6.20. The maximum atomic E-state index is 2.57. The number of benzene rings is 8. The van der Waals surface area contributed by atoms with Crippen LogP contribution in [0, 0.1) is 13.8 Å². The Balaban J connectivity index is 1.35. The molecule has 0 bridgehead atoms. The van der Waals surface area contributed by atoms with Crippen LogP contribution in [0.15, 0.2) is 264 Å². The van der Waals surface area contributed by atoms with Crippen LogP contribution in [0.4, 0.5) is 0 Å². The zero-order valence-electron chi connectivity index (χ0n) is 33.5. The van der Waals surface area contributed by atoms with Gasteiger partial charge in [-0.3, -0.25) is 0 Å². The van der Waals surface area contributed by atoms with E-state index < -0.39 is 20.1 Å².